The van der Waals surface area contributed by atoms with Crippen molar-refractivity contribution in [2.75, 3.05) is 0 Å². The van der Waals surface area contributed by atoms with Crippen molar-refractivity contribution >= 4 is 64.2 Å². The number of hydrogen-bond donors (Lipinski definition) is 0. The molecule has 9 rings (SSSR count). The van der Waals surface area contributed by atoms with Crippen LogP contribution in [0.1, 0.15) is 0 Å². The van der Waals surface area contributed by atoms with E-state index in [1.807, 2.05) is 23.6 Å². The summed E-state index contributed by atoms with van der Waals surface area (Å²) in [5.41, 5.74) is 6.99. The second-order valence-corrected chi connectivity index (χ2v) is 11.6. The smallest absolute Gasteiger partial charge is 0.137 e. The number of pyridine rings is 1. The first-order valence-corrected chi connectivity index (χ1v) is 14.6. The Hall–Kier alpha value is -5.19. The van der Waals surface area contributed by atoms with Crippen LogP contribution in [0, 0.1) is 0 Å². The molecule has 0 N–H and O–H groups in total. The summed E-state index contributed by atoms with van der Waals surface area (Å²) in [5.74, 6) is 0.921. The summed E-state index contributed by atoms with van der Waals surface area (Å²) < 4.78 is 7.25. The van der Waals surface area contributed by atoms with Gasteiger partial charge in [-0.2, -0.15) is 0 Å². The zero-order valence-corrected chi connectivity index (χ0v) is 22.8. The summed E-state index contributed by atoms with van der Waals surface area (Å²) in [5, 5.41) is 6.30. The molecule has 5 aromatic carbocycles. The second-order valence-electron chi connectivity index (χ2n) is 10.5. The van der Waals surface area contributed by atoms with E-state index < -0.39 is 0 Å². The van der Waals surface area contributed by atoms with E-state index in [1.165, 1.54) is 52.9 Å². The molecule has 4 heterocycles. The van der Waals surface area contributed by atoms with Crippen LogP contribution in [0.25, 0.3) is 75.5 Å². The molecule has 4 aromatic heterocycles. The summed E-state index contributed by atoms with van der Waals surface area (Å²) in [7, 11) is 0. The average Bonchev–Trinajstić information content (AvgIpc) is 3.72. The number of fused-ring (bicyclic) bond motifs is 8. The van der Waals surface area contributed by atoms with Gasteiger partial charge in [-0.1, -0.05) is 72.8 Å². The van der Waals surface area contributed by atoms with Crippen molar-refractivity contribution < 1.29 is 0 Å². The van der Waals surface area contributed by atoms with Gasteiger partial charge in [-0.3, -0.25) is 4.57 Å². The molecule has 0 fully saturated rings. The molecule has 4 heteroatoms. The highest BCUT2D eigenvalue weighted by Crippen LogP contribution is 2.43. The zero-order chi connectivity index (χ0) is 26.9. The maximum atomic E-state index is 5.08. The predicted octanol–water partition coefficient (Wildman–Crippen LogP) is 10.2. The minimum Gasteiger partial charge on any atom is -0.316 e. The monoisotopic (exact) mass is 541 g/mol. The number of hydrogen-bond acceptors (Lipinski definition) is 2. The van der Waals surface area contributed by atoms with Gasteiger partial charge < -0.3 is 4.57 Å². The van der Waals surface area contributed by atoms with E-state index in [2.05, 4.69) is 137 Å². The van der Waals surface area contributed by atoms with Crippen LogP contribution in [0.3, 0.4) is 0 Å². The zero-order valence-electron chi connectivity index (χ0n) is 22.0. The molecule has 0 saturated heterocycles. The number of thiophene rings is 1. The van der Waals surface area contributed by atoms with Crippen molar-refractivity contribution in [1.82, 2.24) is 14.1 Å². The van der Waals surface area contributed by atoms with Crippen LogP contribution < -0.4 is 0 Å². The maximum absolute atomic E-state index is 5.08. The lowest BCUT2D eigenvalue weighted by molar-refractivity contribution is 1.08. The summed E-state index contributed by atoms with van der Waals surface area (Å²) in [6, 6.07) is 45.6. The lowest BCUT2D eigenvalue weighted by Gasteiger charge is -2.10. The molecule has 0 aliphatic heterocycles. The standard InChI is InChI=1S/C37H23N3S/c1-3-9-24(10-4-1)26-15-18-35(38-23-26)40-32-22-31-25(19-20-39(31)27-11-5-2-6-12-27)21-30(32)28-16-17-34-36(37(28)40)29-13-7-8-14-33(29)41-34/h1-23H. The third-order valence-corrected chi connectivity index (χ3v) is 9.33. The number of rotatable bonds is 3. The molecule has 3 nitrogen and oxygen atoms in total. The number of benzene rings is 5. The third-order valence-electron chi connectivity index (χ3n) is 8.20. The normalized spacial score (nSPS) is 11.9. The highest BCUT2D eigenvalue weighted by atomic mass is 32.1. The number of aromatic nitrogens is 3. The fraction of sp³-hybridized carbons (Fsp3) is 0. The van der Waals surface area contributed by atoms with Gasteiger partial charge in [-0.05, 0) is 60.2 Å². The van der Waals surface area contributed by atoms with Crippen LogP contribution >= 0.6 is 11.3 Å². The minimum atomic E-state index is 0.921. The summed E-state index contributed by atoms with van der Waals surface area (Å²) >= 11 is 1.86. The highest BCUT2D eigenvalue weighted by Gasteiger charge is 2.20. The van der Waals surface area contributed by atoms with Gasteiger partial charge in [-0.25, -0.2) is 4.98 Å². The van der Waals surface area contributed by atoms with E-state index in [-0.39, 0.29) is 0 Å². The average molecular weight is 542 g/mol. The molecule has 0 radical (unpaired) electrons. The summed E-state index contributed by atoms with van der Waals surface area (Å²) in [4.78, 5) is 5.08. The number of nitrogens with zero attached hydrogens (tertiary/aromatic N) is 3. The van der Waals surface area contributed by atoms with Crippen LogP contribution in [-0.4, -0.2) is 14.1 Å². The Kier molecular flexibility index (Phi) is 4.77. The topological polar surface area (TPSA) is 22.8 Å². The van der Waals surface area contributed by atoms with Crippen LogP contribution in [0.5, 0.6) is 0 Å². The Morgan fingerprint density at radius 1 is 0.561 bits per heavy atom. The molecule has 0 saturated carbocycles. The Balaban J connectivity index is 1.41. The van der Waals surface area contributed by atoms with Crippen molar-refractivity contribution in [2.45, 2.75) is 0 Å². The van der Waals surface area contributed by atoms with Crippen molar-refractivity contribution in [2.24, 2.45) is 0 Å². The maximum Gasteiger partial charge on any atom is 0.137 e. The lowest BCUT2D eigenvalue weighted by Crippen LogP contribution is -1.98. The van der Waals surface area contributed by atoms with Gasteiger partial charge in [0, 0.05) is 60.0 Å². The van der Waals surface area contributed by atoms with Gasteiger partial charge in [0.1, 0.15) is 5.82 Å². The van der Waals surface area contributed by atoms with Crippen molar-refractivity contribution in [1.29, 1.82) is 0 Å². The molecule has 9 aromatic rings. The van der Waals surface area contributed by atoms with Crippen LogP contribution in [0.2, 0.25) is 0 Å². The van der Waals surface area contributed by atoms with E-state index in [9.17, 15) is 0 Å². The first-order chi connectivity index (χ1) is 20.3. The van der Waals surface area contributed by atoms with Crippen molar-refractivity contribution in [3.63, 3.8) is 0 Å². The Bertz CT molecular complexity index is 2390. The highest BCUT2D eigenvalue weighted by molar-refractivity contribution is 7.26. The Morgan fingerprint density at radius 3 is 2.20 bits per heavy atom. The van der Waals surface area contributed by atoms with E-state index in [1.54, 1.807) is 0 Å². The van der Waals surface area contributed by atoms with E-state index in [0.717, 1.165) is 22.6 Å². The SMILES string of the molecule is c1ccc(-c2ccc(-n3c4cc5c(ccn5-c5ccccc5)cc4c4ccc5sc6ccccc6c5c43)nc2)cc1. The first-order valence-electron chi connectivity index (χ1n) is 13.8. The van der Waals surface area contributed by atoms with E-state index in [0.29, 0.717) is 0 Å². The molecule has 0 atom stereocenters. The van der Waals surface area contributed by atoms with Gasteiger partial charge in [0.25, 0.3) is 0 Å². The Morgan fingerprint density at radius 2 is 1.37 bits per heavy atom. The van der Waals surface area contributed by atoms with Crippen molar-refractivity contribution in [3.8, 4) is 22.6 Å². The van der Waals surface area contributed by atoms with Gasteiger partial charge >= 0.3 is 0 Å². The molecule has 0 bridgehead atoms. The van der Waals surface area contributed by atoms with Crippen LogP contribution in [0.4, 0.5) is 0 Å². The van der Waals surface area contributed by atoms with E-state index >= 15 is 0 Å². The molecular weight excluding hydrogens is 518 g/mol. The molecule has 0 unspecified atom stereocenters. The van der Waals surface area contributed by atoms with Crippen molar-refractivity contribution in [3.05, 3.63) is 140 Å². The van der Waals surface area contributed by atoms with Gasteiger partial charge in [0.05, 0.1) is 16.6 Å². The van der Waals surface area contributed by atoms with Crippen LogP contribution in [0.15, 0.2) is 140 Å². The number of para-hydroxylation sites is 1. The van der Waals surface area contributed by atoms with Crippen LogP contribution in [-0.2, 0) is 0 Å². The fourth-order valence-electron chi connectivity index (χ4n) is 6.31. The van der Waals surface area contributed by atoms with Gasteiger partial charge in [0.2, 0.25) is 0 Å². The summed E-state index contributed by atoms with van der Waals surface area (Å²) in [6.07, 6.45) is 4.17. The van der Waals surface area contributed by atoms with Gasteiger partial charge in [-0.15, -0.1) is 11.3 Å². The lowest BCUT2D eigenvalue weighted by atomic mass is 10.1. The predicted molar refractivity (Wildman–Crippen MR) is 174 cm³/mol. The molecule has 192 valence electrons. The summed E-state index contributed by atoms with van der Waals surface area (Å²) in [6.45, 7) is 0. The molecule has 0 aliphatic rings. The Labute approximate surface area is 240 Å². The second kappa shape index (κ2) is 8.65. The third kappa shape index (κ3) is 3.35. The molecular formula is C37H23N3S. The van der Waals surface area contributed by atoms with E-state index in [4.69, 9.17) is 4.98 Å². The molecule has 41 heavy (non-hydrogen) atoms. The minimum absolute atomic E-state index is 0.921. The molecule has 0 spiro atoms. The largest absolute Gasteiger partial charge is 0.316 e. The molecule has 0 aliphatic carbocycles. The first kappa shape index (κ1) is 22.6. The van der Waals surface area contributed by atoms with Gasteiger partial charge in [0.15, 0.2) is 0 Å². The fourth-order valence-corrected chi connectivity index (χ4v) is 7.42. The quantitative estimate of drug-likeness (QED) is 0.218. The molecule has 0 amide bonds.